The van der Waals surface area contributed by atoms with E-state index in [-0.39, 0.29) is 40.0 Å². The molecule has 0 spiro atoms. The molecule has 1 fully saturated rings. The highest BCUT2D eigenvalue weighted by atomic mass is 35.5. The summed E-state index contributed by atoms with van der Waals surface area (Å²) < 4.78 is 36.4. The van der Waals surface area contributed by atoms with Crippen molar-refractivity contribution in [1.29, 1.82) is 0 Å². The van der Waals surface area contributed by atoms with Crippen molar-refractivity contribution in [3.63, 3.8) is 0 Å². The number of amides is 2. The summed E-state index contributed by atoms with van der Waals surface area (Å²) in [6, 6.07) is 9.50. The van der Waals surface area contributed by atoms with Crippen LogP contribution in [0, 0.1) is 5.82 Å². The number of piperidine rings is 1. The molecule has 31 heavy (non-hydrogen) atoms. The van der Waals surface area contributed by atoms with Crippen LogP contribution in [0.3, 0.4) is 0 Å². The minimum Gasteiger partial charge on any atom is -0.349 e. The fraction of sp³-hybridized carbons (Fsp3) is 0.333. The molecule has 2 N–H and O–H groups in total. The van der Waals surface area contributed by atoms with Crippen molar-refractivity contribution >= 4 is 38.9 Å². The third kappa shape index (κ3) is 6.49. The molecular formula is C21H23ClFN3O4S. The fourth-order valence-electron chi connectivity index (χ4n) is 3.33. The van der Waals surface area contributed by atoms with Gasteiger partial charge in [0.2, 0.25) is 5.91 Å². The van der Waals surface area contributed by atoms with E-state index in [1.165, 1.54) is 42.5 Å². The van der Waals surface area contributed by atoms with Gasteiger partial charge in [0.15, 0.2) is 9.84 Å². The van der Waals surface area contributed by atoms with Crippen LogP contribution in [0.5, 0.6) is 0 Å². The fourth-order valence-corrected chi connectivity index (χ4v) is 4.14. The van der Waals surface area contributed by atoms with Gasteiger partial charge in [-0.05, 0) is 55.3 Å². The van der Waals surface area contributed by atoms with Gasteiger partial charge in [-0.1, -0.05) is 11.6 Å². The summed E-state index contributed by atoms with van der Waals surface area (Å²) in [5.74, 6) is -0.953. The van der Waals surface area contributed by atoms with Crippen molar-refractivity contribution < 1.29 is 22.4 Å². The molecule has 0 radical (unpaired) electrons. The molecule has 0 unspecified atom stereocenters. The van der Waals surface area contributed by atoms with Crippen LogP contribution in [0.1, 0.15) is 23.2 Å². The Morgan fingerprint density at radius 1 is 1.13 bits per heavy atom. The van der Waals surface area contributed by atoms with E-state index in [1.54, 1.807) is 0 Å². The van der Waals surface area contributed by atoms with Crippen LogP contribution in [0.2, 0.25) is 5.02 Å². The number of halogens is 2. The van der Waals surface area contributed by atoms with Crippen molar-refractivity contribution in [1.82, 2.24) is 10.2 Å². The minimum atomic E-state index is -3.42. The van der Waals surface area contributed by atoms with Gasteiger partial charge in [0, 0.05) is 31.0 Å². The molecule has 2 aromatic carbocycles. The molecule has 1 aliphatic heterocycles. The number of benzene rings is 2. The second kappa shape index (κ2) is 9.76. The summed E-state index contributed by atoms with van der Waals surface area (Å²) in [6.45, 7) is 1.34. The van der Waals surface area contributed by atoms with Crippen molar-refractivity contribution in [2.75, 3.05) is 31.2 Å². The van der Waals surface area contributed by atoms with Crippen LogP contribution in [-0.4, -0.2) is 57.1 Å². The quantitative estimate of drug-likeness (QED) is 0.681. The molecule has 2 amide bonds. The zero-order valence-corrected chi connectivity index (χ0v) is 18.5. The Kier molecular flexibility index (Phi) is 7.30. The Hall–Kier alpha value is -2.49. The Morgan fingerprint density at radius 2 is 1.77 bits per heavy atom. The van der Waals surface area contributed by atoms with Gasteiger partial charge in [-0.2, -0.15) is 0 Å². The second-order valence-electron chi connectivity index (χ2n) is 7.49. The van der Waals surface area contributed by atoms with E-state index >= 15 is 0 Å². The number of nitrogens with zero attached hydrogens (tertiary/aromatic N) is 1. The Bertz CT molecular complexity index is 1070. The summed E-state index contributed by atoms with van der Waals surface area (Å²) >= 11 is 6.08. The van der Waals surface area contributed by atoms with Crippen molar-refractivity contribution in [2.45, 2.75) is 23.8 Å². The molecule has 2 aromatic rings. The predicted octanol–water partition coefficient (Wildman–Crippen LogP) is 2.72. The number of nitrogens with one attached hydrogen (secondary N) is 2. The second-order valence-corrected chi connectivity index (χ2v) is 9.92. The molecule has 1 aliphatic rings. The Balaban J connectivity index is 1.49. The van der Waals surface area contributed by atoms with Gasteiger partial charge < -0.3 is 10.6 Å². The summed E-state index contributed by atoms with van der Waals surface area (Å²) in [4.78, 5) is 26.7. The first kappa shape index (κ1) is 23.2. The molecule has 0 atom stereocenters. The van der Waals surface area contributed by atoms with Crippen LogP contribution >= 0.6 is 11.6 Å². The lowest BCUT2D eigenvalue weighted by molar-refractivity contribution is -0.117. The number of likely N-dealkylation sites (tertiary alicyclic amines) is 1. The molecule has 0 bridgehead atoms. The first-order chi connectivity index (χ1) is 14.6. The maximum Gasteiger partial charge on any atom is 0.251 e. The van der Waals surface area contributed by atoms with Gasteiger partial charge in [0.05, 0.1) is 22.2 Å². The lowest BCUT2D eigenvalue weighted by atomic mass is 10.0. The number of hydrogen-bond acceptors (Lipinski definition) is 5. The summed E-state index contributed by atoms with van der Waals surface area (Å²) in [5, 5.41) is 5.85. The molecule has 10 heteroatoms. The minimum absolute atomic E-state index is 0.0299. The van der Waals surface area contributed by atoms with Crippen LogP contribution < -0.4 is 10.6 Å². The van der Waals surface area contributed by atoms with Crippen molar-refractivity contribution in [3.05, 3.63) is 58.9 Å². The zero-order valence-electron chi connectivity index (χ0n) is 16.9. The maximum absolute atomic E-state index is 13.0. The molecule has 0 aliphatic carbocycles. The molecule has 1 saturated heterocycles. The van der Waals surface area contributed by atoms with E-state index in [4.69, 9.17) is 11.6 Å². The summed E-state index contributed by atoms with van der Waals surface area (Å²) in [5.41, 5.74) is 0.646. The number of hydrogen-bond donors (Lipinski definition) is 2. The number of sulfone groups is 1. The summed E-state index contributed by atoms with van der Waals surface area (Å²) in [7, 11) is -3.42. The molecule has 1 heterocycles. The van der Waals surface area contributed by atoms with Crippen molar-refractivity contribution in [3.8, 4) is 0 Å². The predicted molar refractivity (Wildman–Crippen MR) is 117 cm³/mol. The van der Waals surface area contributed by atoms with Crippen molar-refractivity contribution in [2.24, 2.45) is 0 Å². The van der Waals surface area contributed by atoms with E-state index in [9.17, 15) is 22.4 Å². The van der Waals surface area contributed by atoms with E-state index in [2.05, 4.69) is 10.6 Å². The van der Waals surface area contributed by atoms with Gasteiger partial charge in [-0.25, -0.2) is 12.8 Å². The molecule has 0 saturated carbocycles. The van der Waals surface area contributed by atoms with Gasteiger partial charge in [-0.3, -0.25) is 14.5 Å². The third-order valence-electron chi connectivity index (χ3n) is 5.04. The van der Waals surface area contributed by atoms with E-state index < -0.39 is 15.7 Å². The zero-order chi connectivity index (χ0) is 22.6. The van der Waals surface area contributed by atoms with Gasteiger partial charge in [-0.15, -0.1) is 0 Å². The van der Waals surface area contributed by atoms with Crippen LogP contribution in [0.4, 0.5) is 10.1 Å². The van der Waals surface area contributed by atoms with Gasteiger partial charge >= 0.3 is 0 Å². The van der Waals surface area contributed by atoms with E-state index in [1.807, 2.05) is 4.90 Å². The van der Waals surface area contributed by atoms with Crippen LogP contribution in [0.15, 0.2) is 47.4 Å². The van der Waals surface area contributed by atoms with E-state index in [0.717, 1.165) is 6.26 Å². The molecule has 3 rings (SSSR count). The van der Waals surface area contributed by atoms with Crippen LogP contribution in [-0.2, 0) is 14.6 Å². The van der Waals surface area contributed by atoms with E-state index in [0.29, 0.717) is 31.5 Å². The van der Waals surface area contributed by atoms with Crippen LogP contribution in [0.25, 0.3) is 0 Å². The first-order valence-corrected chi connectivity index (χ1v) is 12.0. The van der Waals surface area contributed by atoms with Gasteiger partial charge in [0.25, 0.3) is 5.91 Å². The number of anilines is 1. The Labute approximate surface area is 185 Å². The lowest BCUT2D eigenvalue weighted by Crippen LogP contribution is -2.46. The summed E-state index contributed by atoms with van der Waals surface area (Å²) in [6.07, 6.45) is 2.43. The first-order valence-electron chi connectivity index (χ1n) is 9.70. The molecular weight excluding hydrogens is 445 g/mol. The Morgan fingerprint density at radius 3 is 2.39 bits per heavy atom. The number of carbonyl (C=O) groups is 2. The smallest absolute Gasteiger partial charge is 0.251 e. The molecule has 166 valence electrons. The standard InChI is InChI=1S/C21H23ClFN3O4S/c1-31(29,30)17-6-7-18(22)19(12-17)25-20(27)13-26-10-8-16(9-11-26)24-21(28)14-2-4-15(23)5-3-14/h2-7,12,16H,8-11,13H2,1H3,(H,24,28)(H,25,27). The average Bonchev–Trinajstić information content (AvgIpc) is 2.70. The largest absolute Gasteiger partial charge is 0.349 e. The molecule has 0 aromatic heterocycles. The topological polar surface area (TPSA) is 95.6 Å². The SMILES string of the molecule is CS(=O)(=O)c1ccc(Cl)c(NC(=O)CN2CCC(NC(=O)c3ccc(F)cc3)CC2)c1. The lowest BCUT2D eigenvalue weighted by Gasteiger charge is -2.31. The molecule has 7 nitrogen and oxygen atoms in total. The highest BCUT2D eigenvalue weighted by molar-refractivity contribution is 7.90. The number of rotatable bonds is 6. The third-order valence-corrected chi connectivity index (χ3v) is 6.48. The maximum atomic E-state index is 13.0. The number of carbonyl (C=O) groups excluding carboxylic acids is 2. The highest BCUT2D eigenvalue weighted by Gasteiger charge is 2.23. The average molecular weight is 468 g/mol. The normalized spacial score (nSPS) is 15.5. The highest BCUT2D eigenvalue weighted by Crippen LogP contribution is 2.25. The monoisotopic (exact) mass is 467 g/mol. The van der Waals surface area contributed by atoms with Gasteiger partial charge in [0.1, 0.15) is 5.82 Å².